The first-order valence-electron chi connectivity index (χ1n) is 6.50. The highest BCUT2D eigenvalue weighted by Gasteiger charge is 2.08. The van der Waals surface area contributed by atoms with Gasteiger partial charge in [-0.15, -0.1) is 0 Å². The molecule has 0 saturated heterocycles. The average molecular weight is 268 g/mol. The Balaban J connectivity index is 2.08. The second-order valence-electron chi connectivity index (χ2n) is 4.49. The van der Waals surface area contributed by atoms with Crippen molar-refractivity contribution in [3.05, 3.63) is 48.3 Å². The largest absolute Gasteiger partial charge is 0.496 e. The molecule has 0 spiro atoms. The van der Waals surface area contributed by atoms with Crippen LogP contribution in [0.15, 0.2) is 42.6 Å². The van der Waals surface area contributed by atoms with E-state index in [0.717, 1.165) is 34.8 Å². The molecule has 2 N–H and O–H groups in total. The Morgan fingerprint density at radius 1 is 1.20 bits per heavy atom. The van der Waals surface area contributed by atoms with Crippen LogP contribution in [0, 0.1) is 0 Å². The van der Waals surface area contributed by atoms with Gasteiger partial charge in [-0.1, -0.05) is 12.1 Å². The predicted octanol–water partition coefficient (Wildman–Crippen LogP) is 1.91. The van der Waals surface area contributed by atoms with Crippen molar-refractivity contribution in [2.24, 2.45) is 5.73 Å². The molecule has 0 bridgehead atoms. The minimum Gasteiger partial charge on any atom is -0.496 e. The van der Waals surface area contributed by atoms with Crippen LogP contribution in [0.25, 0.3) is 16.9 Å². The highest BCUT2D eigenvalue weighted by Crippen LogP contribution is 2.27. The Morgan fingerprint density at radius 3 is 2.85 bits per heavy atom. The highest BCUT2D eigenvalue weighted by molar-refractivity contribution is 5.67. The first-order valence-corrected chi connectivity index (χ1v) is 6.50. The quantitative estimate of drug-likeness (QED) is 0.785. The number of aromatic nitrogens is 3. The fourth-order valence-electron chi connectivity index (χ4n) is 2.20. The molecule has 0 amide bonds. The van der Waals surface area contributed by atoms with Gasteiger partial charge < -0.3 is 10.5 Å². The Morgan fingerprint density at radius 2 is 2.05 bits per heavy atom. The van der Waals surface area contributed by atoms with Gasteiger partial charge in [0.1, 0.15) is 5.75 Å². The first-order chi connectivity index (χ1) is 9.81. The van der Waals surface area contributed by atoms with Crippen molar-refractivity contribution in [3.63, 3.8) is 0 Å². The van der Waals surface area contributed by atoms with Gasteiger partial charge in [0.05, 0.1) is 24.7 Å². The third-order valence-corrected chi connectivity index (χ3v) is 3.15. The summed E-state index contributed by atoms with van der Waals surface area (Å²) in [5.41, 5.74) is 9.15. The molecular formula is C15H16N4O. The number of fused-ring (bicyclic) bond motifs is 1. The van der Waals surface area contributed by atoms with Gasteiger partial charge in [0, 0.05) is 12.0 Å². The Bertz CT molecular complexity index is 736. The molecule has 0 atom stereocenters. The fraction of sp³-hybridized carbons (Fsp3) is 0.200. The third-order valence-electron chi connectivity index (χ3n) is 3.15. The van der Waals surface area contributed by atoms with Crippen molar-refractivity contribution in [2.75, 3.05) is 13.7 Å². The lowest BCUT2D eigenvalue weighted by Gasteiger charge is -2.07. The molecule has 1 aromatic carbocycles. The van der Waals surface area contributed by atoms with Crippen LogP contribution < -0.4 is 10.5 Å². The van der Waals surface area contributed by atoms with Crippen molar-refractivity contribution in [1.29, 1.82) is 0 Å². The number of methoxy groups -OCH3 is 1. The van der Waals surface area contributed by atoms with Crippen LogP contribution in [0.1, 0.15) is 5.69 Å². The molecule has 0 aliphatic heterocycles. The number of nitrogens with two attached hydrogens (primary N) is 1. The van der Waals surface area contributed by atoms with Crippen LogP contribution in [0.3, 0.4) is 0 Å². The van der Waals surface area contributed by atoms with Gasteiger partial charge in [0.2, 0.25) is 0 Å². The van der Waals surface area contributed by atoms with Crippen LogP contribution >= 0.6 is 0 Å². The summed E-state index contributed by atoms with van der Waals surface area (Å²) in [5.74, 6) is 0.807. The Hall–Kier alpha value is -2.40. The molecule has 0 fully saturated rings. The van der Waals surface area contributed by atoms with Crippen molar-refractivity contribution >= 4 is 5.65 Å². The molecule has 2 heterocycles. The van der Waals surface area contributed by atoms with E-state index in [9.17, 15) is 0 Å². The van der Waals surface area contributed by atoms with E-state index in [4.69, 9.17) is 10.5 Å². The monoisotopic (exact) mass is 268 g/mol. The van der Waals surface area contributed by atoms with E-state index < -0.39 is 0 Å². The number of rotatable bonds is 4. The third kappa shape index (κ3) is 2.23. The lowest BCUT2D eigenvalue weighted by atomic mass is 10.1. The summed E-state index contributed by atoms with van der Waals surface area (Å²) in [6.45, 7) is 0.587. The molecule has 0 radical (unpaired) electrons. The van der Waals surface area contributed by atoms with Gasteiger partial charge in [-0.25, -0.2) is 9.50 Å². The van der Waals surface area contributed by atoms with E-state index in [2.05, 4.69) is 10.1 Å². The molecule has 3 rings (SSSR count). The van der Waals surface area contributed by atoms with E-state index in [1.54, 1.807) is 11.6 Å². The van der Waals surface area contributed by atoms with Crippen LogP contribution in [0.4, 0.5) is 0 Å². The standard InChI is InChI=1S/C15H16N4O/c1-20-14-5-3-2-4-12(14)13-6-7-15-17-11(8-9-16)10-19(15)18-13/h2-7,10H,8-9,16H2,1H3. The lowest BCUT2D eigenvalue weighted by Crippen LogP contribution is -2.02. The minimum absolute atomic E-state index is 0.587. The molecule has 0 unspecified atom stereocenters. The Kier molecular flexibility index (Phi) is 3.35. The van der Waals surface area contributed by atoms with Gasteiger partial charge in [-0.3, -0.25) is 0 Å². The summed E-state index contributed by atoms with van der Waals surface area (Å²) < 4.78 is 7.16. The van der Waals surface area contributed by atoms with Gasteiger partial charge in [0.25, 0.3) is 0 Å². The SMILES string of the molecule is COc1ccccc1-c1ccc2nc(CCN)cn2n1. The topological polar surface area (TPSA) is 65.4 Å². The number of hydrogen-bond donors (Lipinski definition) is 1. The summed E-state index contributed by atoms with van der Waals surface area (Å²) in [6.07, 6.45) is 2.68. The predicted molar refractivity (Wildman–Crippen MR) is 77.7 cm³/mol. The van der Waals surface area contributed by atoms with Crippen molar-refractivity contribution in [3.8, 4) is 17.0 Å². The summed E-state index contributed by atoms with van der Waals surface area (Å²) >= 11 is 0. The molecule has 3 aromatic rings. The molecule has 2 aromatic heterocycles. The smallest absolute Gasteiger partial charge is 0.153 e. The fourth-order valence-corrected chi connectivity index (χ4v) is 2.20. The van der Waals surface area contributed by atoms with E-state index >= 15 is 0 Å². The van der Waals surface area contributed by atoms with Crippen LogP contribution in [-0.2, 0) is 6.42 Å². The number of hydrogen-bond acceptors (Lipinski definition) is 4. The average Bonchev–Trinajstić information content (AvgIpc) is 2.89. The molecule has 0 saturated carbocycles. The zero-order chi connectivity index (χ0) is 13.9. The number of para-hydroxylation sites is 1. The van der Waals surface area contributed by atoms with E-state index in [-0.39, 0.29) is 0 Å². The van der Waals surface area contributed by atoms with Gasteiger partial charge in [0.15, 0.2) is 5.65 Å². The molecule has 5 nitrogen and oxygen atoms in total. The molecule has 20 heavy (non-hydrogen) atoms. The van der Waals surface area contributed by atoms with Crippen molar-refractivity contribution < 1.29 is 4.74 Å². The van der Waals surface area contributed by atoms with Crippen LogP contribution in [0.2, 0.25) is 0 Å². The van der Waals surface area contributed by atoms with Gasteiger partial charge >= 0.3 is 0 Å². The van der Waals surface area contributed by atoms with E-state index in [1.165, 1.54) is 0 Å². The van der Waals surface area contributed by atoms with Crippen LogP contribution in [-0.4, -0.2) is 28.3 Å². The summed E-state index contributed by atoms with van der Waals surface area (Å²) in [5, 5.41) is 4.59. The second-order valence-corrected chi connectivity index (χ2v) is 4.49. The summed E-state index contributed by atoms with van der Waals surface area (Å²) in [6, 6.07) is 11.7. The zero-order valence-corrected chi connectivity index (χ0v) is 11.3. The van der Waals surface area contributed by atoms with Gasteiger partial charge in [-0.2, -0.15) is 5.10 Å². The minimum atomic E-state index is 0.587. The van der Waals surface area contributed by atoms with Crippen molar-refractivity contribution in [2.45, 2.75) is 6.42 Å². The van der Waals surface area contributed by atoms with E-state index in [1.807, 2.05) is 42.6 Å². The molecule has 102 valence electrons. The van der Waals surface area contributed by atoms with Gasteiger partial charge in [-0.05, 0) is 30.8 Å². The number of imidazole rings is 1. The van der Waals surface area contributed by atoms with Crippen LogP contribution in [0.5, 0.6) is 5.75 Å². The molecular weight excluding hydrogens is 252 g/mol. The maximum Gasteiger partial charge on any atom is 0.153 e. The summed E-state index contributed by atoms with van der Waals surface area (Å²) in [7, 11) is 1.66. The summed E-state index contributed by atoms with van der Waals surface area (Å²) in [4.78, 5) is 4.47. The molecule has 0 aliphatic carbocycles. The number of benzene rings is 1. The lowest BCUT2D eigenvalue weighted by molar-refractivity contribution is 0.416. The maximum absolute atomic E-state index is 5.56. The highest BCUT2D eigenvalue weighted by atomic mass is 16.5. The zero-order valence-electron chi connectivity index (χ0n) is 11.3. The first kappa shape index (κ1) is 12.6. The Labute approximate surface area is 117 Å². The van der Waals surface area contributed by atoms with E-state index in [0.29, 0.717) is 6.54 Å². The number of nitrogens with zero attached hydrogens (tertiary/aromatic N) is 3. The second kappa shape index (κ2) is 5.30. The number of ether oxygens (including phenoxy) is 1. The van der Waals surface area contributed by atoms with Crippen molar-refractivity contribution in [1.82, 2.24) is 14.6 Å². The maximum atomic E-state index is 5.56. The molecule has 0 aliphatic rings. The molecule has 5 heteroatoms. The normalized spacial score (nSPS) is 10.9.